The van der Waals surface area contributed by atoms with Crippen LogP contribution in [0.25, 0.3) is 11.4 Å². The van der Waals surface area contributed by atoms with Crippen molar-refractivity contribution >= 4 is 0 Å². The van der Waals surface area contributed by atoms with Crippen molar-refractivity contribution in [3.8, 4) is 11.4 Å². The molecule has 3 nitrogen and oxygen atoms in total. The van der Waals surface area contributed by atoms with Crippen molar-refractivity contribution in [2.75, 3.05) is 0 Å². The zero-order valence-corrected chi connectivity index (χ0v) is 8.97. The molecule has 0 aliphatic rings. The van der Waals surface area contributed by atoms with Crippen molar-refractivity contribution in [1.82, 2.24) is 15.2 Å². The second kappa shape index (κ2) is 4.25. The summed E-state index contributed by atoms with van der Waals surface area (Å²) in [5.74, 6) is 0. The zero-order valence-electron chi connectivity index (χ0n) is 8.97. The Morgan fingerprint density at radius 2 is 1.58 bits per heavy atom. The van der Waals surface area contributed by atoms with Gasteiger partial charge in [-0.2, -0.15) is 31.4 Å². The number of hydrogen-bond acceptors (Lipinski definition) is 2. The van der Waals surface area contributed by atoms with Gasteiger partial charge in [0.25, 0.3) is 0 Å². The molecule has 2 heterocycles. The molecule has 0 aromatic carbocycles. The maximum absolute atomic E-state index is 12.6. The summed E-state index contributed by atoms with van der Waals surface area (Å²) in [7, 11) is 0. The number of hydrogen-bond donors (Lipinski definition) is 1. The van der Waals surface area contributed by atoms with E-state index in [-0.39, 0.29) is 5.69 Å². The molecule has 0 saturated heterocycles. The minimum Gasteiger partial charge on any atom is -0.276 e. The van der Waals surface area contributed by atoms with E-state index in [1.54, 1.807) is 0 Å². The number of aromatic amines is 1. The van der Waals surface area contributed by atoms with Gasteiger partial charge in [0.1, 0.15) is 5.56 Å². The van der Waals surface area contributed by atoms with Crippen LogP contribution in [0.2, 0.25) is 0 Å². The van der Waals surface area contributed by atoms with Gasteiger partial charge in [0, 0.05) is 6.20 Å². The van der Waals surface area contributed by atoms with Gasteiger partial charge < -0.3 is 0 Å². The van der Waals surface area contributed by atoms with Gasteiger partial charge in [-0.15, -0.1) is 0 Å². The van der Waals surface area contributed by atoms with E-state index in [4.69, 9.17) is 0 Å². The lowest BCUT2D eigenvalue weighted by molar-refractivity contribution is -0.138. The lowest BCUT2D eigenvalue weighted by Crippen LogP contribution is -2.07. The number of pyridine rings is 1. The average molecular weight is 281 g/mol. The standard InChI is InChI=1S/C10H5F6N3/c11-9(12,13)5-1-2-7(17-3-5)8-6(4-18-19-8)10(14,15)16/h1-4H,(H,18,19). The van der Waals surface area contributed by atoms with Gasteiger partial charge >= 0.3 is 12.4 Å². The molecule has 0 aliphatic carbocycles. The summed E-state index contributed by atoms with van der Waals surface area (Å²) in [6, 6.07) is 1.51. The Kier molecular flexibility index (Phi) is 2.99. The van der Waals surface area contributed by atoms with Crippen molar-refractivity contribution in [3.05, 3.63) is 35.7 Å². The number of nitrogens with one attached hydrogen (secondary N) is 1. The SMILES string of the molecule is FC(F)(F)c1ccc(-c2[nH]ncc2C(F)(F)F)nc1. The lowest BCUT2D eigenvalue weighted by Gasteiger charge is -2.08. The highest BCUT2D eigenvalue weighted by molar-refractivity contribution is 5.59. The predicted molar refractivity (Wildman–Crippen MR) is 51.8 cm³/mol. The smallest absolute Gasteiger partial charge is 0.276 e. The molecular formula is C10H5F6N3. The van der Waals surface area contributed by atoms with Crippen LogP contribution in [0.3, 0.4) is 0 Å². The first kappa shape index (κ1) is 13.4. The summed E-state index contributed by atoms with van der Waals surface area (Å²) >= 11 is 0. The van der Waals surface area contributed by atoms with E-state index in [2.05, 4.69) is 15.2 Å². The summed E-state index contributed by atoms with van der Waals surface area (Å²) in [6.07, 6.45) is -8.23. The van der Waals surface area contributed by atoms with E-state index in [0.29, 0.717) is 18.5 Å². The molecule has 0 unspecified atom stereocenters. The molecule has 0 atom stereocenters. The van der Waals surface area contributed by atoms with E-state index < -0.39 is 29.2 Å². The highest BCUT2D eigenvalue weighted by atomic mass is 19.4. The number of rotatable bonds is 1. The molecule has 0 fully saturated rings. The van der Waals surface area contributed by atoms with E-state index >= 15 is 0 Å². The molecule has 1 N–H and O–H groups in total. The van der Waals surface area contributed by atoms with Crippen molar-refractivity contribution < 1.29 is 26.3 Å². The Hall–Kier alpha value is -2.06. The Bertz CT molecular complexity index is 566. The molecule has 19 heavy (non-hydrogen) atoms. The van der Waals surface area contributed by atoms with E-state index in [1.807, 2.05) is 0 Å². The van der Waals surface area contributed by atoms with Crippen molar-refractivity contribution in [2.45, 2.75) is 12.4 Å². The van der Waals surface area contributed by atoms with Gasteiger partial charge in [-0.3, -0.25) is 10.1 Å². The minimum atomic E-state index is -4.66. The average Bonchev–Trinajstić information content (AvgIpc) is 2.76. The van der Waals surface area contributed by atoms with E-state index in [1.165, 1.54) is 0 Å². The quantitative estimate of drug-likeness (QED) is 0.813. The molecule has 0 amide bonds. The van der Waals surface area contributed by atoms with Crippen LogP contribution in [-0.4, -0.2) is 15.2 Å². The zero-order chi connectivity index (χ0) is 14.3. The Morgan fingerprint density at radius 1 is 0.895 bits per heavy atom. The Labute approximate surface area is 102 Å². The van der Waals surface area contributed by atoms with Crippen LogP contribution >= 0.6 is 0 Å². The lowest BCUT2D eigenvalue weighted by atomic mass is 10.1. The summed E-state index contributed by atoms with van der Waals surface area (Å²) < 4.78 is 74.6. The summed E-state index contributed by atoms with van der Waals surface area (Å²) in [5.41, 5.74) is -2.86. The van der Waals surface area contributed by atoms with Gasteiger partial charge in [0.2, 0.25) is 0 Å². The number of alkyl halides is 6. The second-order valence-electron chi connectivity index (χ2n) is 3.59. The van der Waals surface area contributed by atoms with Gasteiger partial charge in [0.05, 0.1) is 23.1 Å². The topological polar surface area (TPSA) is 41.6 Å². The number of aromatic nitrogens is 3. The van der Waals surface area contributed by atoms with Gasteiger partial charge in [-0.05, 0) is 12.1 Å². The third kappa shape index (κ3) is 2.69. The summed E-state index contributed by atoms with van der Waals surface area (Å²) in [4.78, 5) is 3.37. The first-order valence-corrected chi connectivity index (χ1v) is 4.84. The molecule has 102 valence electrons. The molecule has 9 heteroatoms. The minimum absolute atomic E-state index is 0.266. The van der Waals surface area contributed by atoms with E-state index in [9.17, 15) is 26.3 Å². The van der Waals surface area contributed by atoms with Gasteiger partial charge in [0.15, 0.2) is 0 Å². The fraction of sp³-hybridized carbons (Fsp3) is 0.200. The fourth-order valence-electron chi connectivity index (χ4n) is 1.41. The van der Waals surface area contributed by atoms with Crippen molar-refractivity contribution in [1.29, 1.82) is 0 Å². The van der Waals surface area contributed by atoms with E-state index in [0.717, 1.165) is 6.07 Å². The number of halogens is 6. The molecule has 0 bridgehead atoms. The van der Waals surface area contributed by atoms with Crippen LogP contribution in [0.1, 0.15) is 11.1 Å². The van der Waals surface area contributed by atoms with Crippen LogP contribution in [0, 0.1) is 0 Å². The molecule has 2 aromatic rings. The summed E-state index contributed by atoms with van der Waals surface area (Å²) in [6.45, 7) is 0. The number of H-pyrrole nitrogens is 1. The number of nitrogens with zero attached hydrogens (tertiary/aromatic N) is 2. The van der Waals surface area contributed by atoms with Gasteiger partial charge in [-0.1, -0.05) is 0 Å². The van der Waals surface area contributed by atoms with Gasteiger partial charge in [-0.25, -0.2) is 0 Å². The molecule has 2 aromatic heterocycles. The molecule has 0 saturated carbocycles. The van der Waals surface area contributed by atoms with Crippen LogP contribution in [0.4, 0.5) is 26.3 Å². The maximum Gasteiger partial charge on any atom is 0.420 e. The highest BCUT2D eigenvalue weighted by Gasteiger charge is 2.36. The third-order valence-electron chi connectivity index (χ3n) is 2.29. The normalized spacial score (nSPS) is 12.7. The molecular weight excluding hydrogens is 276 g/mol. The van der Waals surface area contributed by atoms with Crippen LogP contribution in [0.5, 0.6) is 0 Å². The van der Waals surface area contributed by atoms with Crippen molar-refractivity contribution in [2.24, 2.45) is 0 Å². The first-order chi connectivity index (χ1) is 8.69. The summed E-state index contributed by atoms with van der Waals surface area (Å²) in [5, 5.41) is 5.30. The first-order valence-electron chi connectivity index (χ1n) is 4.84. The fourth-order valence-corrected chi connectivity index (χ4v) is 1.41. The maximum atomic E-state index is 12.6. The highest BCUT2D eigenvalue weighted by Crippen LogP contribution is 2.35. The predicted octanol–water partition coefficient (Wildman–Crippen LogP) is 3.51. The third-order valence-corrected chi connectivity index (χ3v) is 2.29. The van der Waals surface area contributed by atoms with Crippen LogP contribution in [-0.2, 0) is 12.4 Å². The molecule has 0 aliphatic heterocycles. The second-order valence-corrected chi connectivity index (χ2v) is 3.59. The molecule has 2 rings (SSSR count). The van der Waals surface area contributed by atoms with Crippen LogP contribution in [0.15, 0.2) is 24.5 Å². The largest absolute Gasteiger partial charge is 0.420 e. The molecule has 0 spiro atoms. The monoisotopic (exact) mass is 281 g/mol. The van der Waals surface area contributed by atoms with Crippen LogP contribution < -0.4 is 0 Å². The molecule has 0 radical (unpaired) electrons. The Balaban J connectivity index is 2.42. The van der Waals surface area contributed by atoms with Crippen molar-refractivity contribution in [3.63, 3.8) is 0 Å². The Morgan fingerprint density at radius 3 is 2.05 bits per heavy atom.